The summed E-state index contributed by atoms with van der Waals surface area (Å²) in [6.07, 6.45) is 14.2. The van der Waals surface area contributed by atoms with Gasteiger partial charge in [-0.15, -0.1) is 0 Å². The van der Waals surface area contributed by atoms with E-state index in [1.807, 2.05) is 0 Å². The van der Waals surface area contributed by atoms with Crippen LogP contribution >= 0.6 is 0 Å². The van der Waals surface area contributed by atoms with Gasteiger partial charge in [0, 0.05) is 19.6 Å². The molecule has 1 saturated carbocycles. The van der Waals surface area contributed by atoms with E-state index in [-0.39, 0.29) is 5.54 Å². The average Bonchev–Trinajstić information content (AvgIpc) is 2.47. The van der Waals surface area contributed by atoms with Crippen LogP contribution in [0.15, 0.2) is 12.2 Å². The summed E-state index contributed by atoms with van der Waals surface area (Å²) in [4.78, 5) is 15.0. The molecule has 1 unspecified atom stereocenters. The van der Waals surface area contributed by atoms with Gasteiger partial charge in [0.1, 0.15) is 5.54 Å². The molecule has 0 aromatic rings. The van der Waals surface area contributed by atoms with Gasteiger partial charge in [-0.1, -0.05) is 31.4 Å². The van der Waals surface area contributed by atoms with Crippen LogP contribution in [0.2, 0.25) is 0 Å². The Hall–Kier alpha value is -0.830. The van der Waals surface area contributed by atoms with Gasteiger partial charge in [0.15, 0.2) is 0 Å². The minimum atomic E-state index is -0.155. The molecular weight excluding hydrogens is 236 g/mol. The fraction of sp³-hybridized carbons (Fsp3) is 0.812. The van der Waals surface area contributed by atoms with E-state index in [9.17, 15) is 4.79 Å². The maximum absolute atomic E-state index is 12.5. The van der Waals surface area contributed by atoms with E-state index in [0.717, 1.165) is 38.4 Å². The van der Waals surface area contributed by atoms with E-state index in [4.69, 9.17) is 0 Å². The Morgan fingerprint density at radius 3 is 2.84 bits per heavy atom. The van der Waals surface area contributed by atoms with Crippen molar-refractivity contribution in [2.75, 3.05) is 19.6 Å². The van der Waals surface area contributed by atoms with Crippen LogP contribution in [-0.2, 0) is 4.79 Å². The highest BCUT2D eigenvalue weighted by atomic mass is 16.2. The summed E-state index contributed by atoms with van der Waals surface area (Å²) < 4.78 is 0. The number of carbonyl (C=O) groups is 1. The molecule has 1 spiro atoms. The highest BCUT2D eigenvalue weighted by Crippen LogP contribution is 2.36. The molecule has 3 heteroatoms. The molecule has 0 aromatic heterocycles. The molecular formula is C16H26N2O. The zero-order valence-corrected chi connectivity index (χ0v) is 11.9. The molecule has 106 valence electrons. The van der Waals surface area contributed by atoms with E-state index in [1.165, 1.54) is 38.5 Å². The lowest BCUT2D eigenvalue weighted by atomic mass is 9.77. The molecule has 1 heterocycles. The Balaban J connectivity index is 1.72. The van der Waals surface area contributed by atoms with E-state index in [1.54, 1.807) is 0 Å². The number of nitrogens with zero attached hydrogens (tertiary/aromatic N) is 1. The van der Waals surface area contributed by atoms with Gasteiger partial charge in [-0.3, -0.25) is 9.69 Å². The maximum atomic E-state index is 12.5. The second-order valence-corrected chi connectivity index (χ2v) is 6.44. The minimum Gasteiger partial charge on any atom is -0.353 e. The van der Waals surface area contributed by atoms with Crippen LogP contribution in [0.5, 0.6) is 0 Å². The Morgan fingerprint density at radius 1 is 1.26 bits per heavy atom. The number of rotatable bonds is 2. The fourth-order valence-electron chi connectivity index (χ4n) is 4.11. The summed E-state index contributed by atoms with van der Waals surface area (Å²) in [5, 5.41) is 3.12. The lowest BCUT2D eigenvalue weighted by molar-refractivity contribution is -0.140. The molecule has 1 aliphatic heterocycles. The normalized spacial score (nSPS) is 31.4. The molecule has 2 aliphatic carbocycles. The smallest absolute Gasteiger partial charge is 0.240 e. The van der Waals surface area contributed by atoms with Crippen molar-refractivity contribution >= 4 is 5.91 Å². The van der Waals surface area contributed by atoms with Crippen LogP contribution in [0, 0.1) is 5.92 Å². The summed E-state index contributed by atoms with van der Waals surface area (Å²) in [5.74, 6) is 1.07. The van der Waals surface area contributed by atoms with Crippen molar-refractivity contribution < 1.29 is 4.79 Å². The summed E-state index contributed by atoms with van der Waals surface area (Å²) in [6.45, 7) is 3.01. The first-order valence-corrected chi connectivity index (χ1v) is 8.00. The van der Waals surface area contributed by atoms with Crippen LogP contribution in [0.3, 0.4) is 0 Å². The van der Waals surface area contributed by atoms with Crippen molar-refractivity contribution in [2.45, 2.75) is 56.9 Å². The number of carbonyl (C=O) groups excluding carboxylic acids is 1. The molecule has 1 amide bonds. The van der Waals surface area contributed by atoms with Crippen LogP contribution in [-0.4, -0.2) is 36.0 Å². The predicted molar refractivity (Wildman–Crippen MR) is 76.9 cm³/mol. The van der Waals surface area contributed by atoms with Gasteiger partial charge >= 0.3 is 0 Å². The summed E-state index contributed by atoms with van der Waals surface area (Å²) >= 11 is 0. The third-order valence-electron chi connectivity index (χ3n) is 5.23. The first-order chi connectivity index (χ1) is 9.31. The van der Waals surface area contributed by atoms with Gasteiger partial charge < -0.3 is 5.32 Å². The van der Waals surface area contributed by atoms with E-state index >= 15 is 0 Å². The summed E-state index contributed by atoms with van der Waals surface area (Å²) in [5.41, 5.74) is -0.155. The zero-order chi connectivity index (χ0) is 13.1. The monoisotopic (exact) mass is 262 g/mol. The average molecular weight is 262 g/mol. The number of hydrogen-bond donors (Lipinski definition) is 1. The van der Waals surface area contributed by atoms with Crippen molar-refractivity contribution in [3.63, 3.8) is 0 Å². The molecule has 0 radical (unpaired) electrons. The highest BCUT2D eigenvalue weighted by Gasteiger charge is 2.46. The van der Waals surface area contributed by atoms with E-state index in [0.29, 0.717) is 5.91 Å². The Bertz CT molecular complexity index is 358. The van der Waals surface area contributed by atoms with Gasteiger partial charge in [0.05, 0.1) is 0 Å². The van der Waals surface area contributed by atoms with Crippen molar-refractivity contribution in [1.29, 1.82) is 0 Å². The molecule has 3 nitrogen and oxygen atoms in total. The van der Waals surface area contributed by atoms with Gasteiger partial charge in [-0.05, 0) is 38.0 Å². The molecule has 2 fully saturated rings. The molecule has 1 atom stereocenters. The third kappa shape index (κ3) is 2.58. The SMILES string of the molecule is O=C1NCCN(CC2CC=CCC2)C12CCCCC2. The van der Waals surface area contributed by atoms with Crippen LogP contribution < -0.4 is 5.32 Å². The van der Waals surface area contributed by atoms with Crippen molar-refractivity contribution in [2.24, 2.45) is 5.92 Å². The first kappa shape index (κ1) is 13.2. The Kier molecular flexibility index (Phi) is 3.92. The van der Waals surface area contributed by atoms with E-state index in [2.05, 4.69) is 22.4 Å². The number of allylic oxidation sites excluding steroid dienone is 2. The number of amides is 1. The molecule has 3 rings (SSSR count). The fourth-order valence-corrected chi connectivity index (χ4v) is 4.11. The number of nitrogens with one attached hydrogen (secondary N) is 1. The van der Waals surface area contributed by atoms with E-state index < -0.39 is 0 Å². The number of hydrogen-bond acceptors (Lipinski definition) is 2. The molecule has 1 saturated heterocycles. The third-order valence-corrected chi connectivity index (χ3v) is 5.23. The molecule has 3 aliphatic rings. The predicted octanol–water partition coefficient (Wildman–Crippen LogP) is 2.48. The van der Waals surface area contributed by atoms with Gasteiger partial charge in [-0.25, -0.2) is 0 Å². The van der Waals surface area contributed by atoms with Crippen molar-refractivity contribution in [3.8, 4) is 0 Å². The summed E-state index contributed by atoms with van der Waals surface area (Å²) in [7, 11) is 0. The standard InChI is InChI=1S/C16H26N2O/c19-15-16(9-5-2-6-10-16)18(12-11-17-15)13-14-7-3-1-4-8-14/h1,3,14H,2,4-13H2,(H,17,19). The quantitative estimate of drug-likeness (QED) is 0.775. The van der Waals surface area contributed by atoms with Crippen molar-refractivity contribution in [3.05, 3.63) is 12.2 Å². The summed E-state index contributed by atoms with van der Waals surface area (Å²) in [6, 6.07) is 0. The molecule has 0 aromatic carbocycles. The maximum Gasteiger partial charge on any atom is 0.240 e. The molecule has 0 bridgehead atoms. The van der Waals surface area contributed by atoms with Gasteiger partial charge in [-0.2, -0.15) is 0 Å². The highest BCUT2D eigenvalue weighted by molar-refractivity contribution is 5.87. The van der Waals surface area contributed by atoms with Crippen molar-refractivity contribution in [1.82, 2.24) is 10.2 Å². The van der Waals surface area contributed by atoms with Crippen LogP contribution in [0.1, 0.15) is 51.4 Å². The second kappa shape index (κ2) is 5.66. The lowest BCUT2D eigenvalue weighted by Gasteiger charge is -2.49. The Morgan fingerprint density at radius 2 is 2.11 bits per heavy atom. The van der Waals surface area contributed by atoms with Gasteiger partial charge in [0.2, 0.25) is 5.91 Å². The second-order valence-electron chi connectivity index (χ2n) is 6.44. The zero-order valence-electron chi connectivity index (χ0n) is 11.9. The first-order valence-electron chi connectivity index (χ1n) is 8.00. The largest absolute Gasteiger partial charge is 0.353 e. The molecule has 1 N–H and O–H groups in total. The van der Waals surface area contributed by atoms with Crippen LogP contribution in [0.25, 0.3) is 0 Å². The number of piperazine rings is 1. The van der Waals surface area contributed by atoms with Crippen LogP contribution in [0.4, 0.5) is 0 Å². The van der Waals surface area contributed by atoms with Gasteiger partial charge in [0.25, 0.3) is 0 Å². The minimum absolute atomic E-state index is 0.155. The lowest BCUT2D eigenvalue weighted by Crippen LogP contribution is -2.66. The molecule has 19 heavy (non-hydrogen) atoms. The topological polar surface area (TPSA) is 32.3 Å². The Labute approximate surface area is 116 Å².